The molecule has 1 fully saturated rings. The van der Waals surface area contributed by atoms with Crippen molar-refractivity contribution in [3.63, 3.8) is 0 Å². The summed E-state index contributed by atoms with van der Waals surface area (Å²) in [6.45, 7) is 10.2. The molecule has 1 aliphatic heterocycles. The quantitative estimate of drug-likeness (QED) is 0.202. The Morgan fingerprint density at radius 2 is 1.72 bits per heavy atom. The molecule has 1 N–H and O–H groups in total. The number of thioether (sulfide) groups is 1. The molecule has 2 amide bonds. The van der Waals surface area contributed by atoms with Gasteiger partial charge in [0.1, 0.15) is 17.8 Å². The Hall–Kier alpha value is -4.52. The van der Waals surface area contributed by atoms with Crippen molar-refractivity contribution in [2.75, 3.05) is 17.8 Å². The number of benzene rings is 3. The van der Waals surface area contributed by atoms with Gasteiger partial charge in [-0.2, -0.15) is 4.99 Å². The summed E-state index contributed by atoms with van der Waals surface area (Å²) >= 11 is 1.56. The van der Waals surface area contributed by atoms with E-state index in [2.05, 4.69) is 56.9 Å². The minimum Gasteiger partial charge on any atom is -0.497 e. The normalized spacial score (nSPS) is 16.4. The number of carbonyl (C=O) groups is 1. The largest absolute Gasteiger partial charge is 0.573 e. The number of hydrogen-bond donors (Lipinski definition) is 1. The molecule has 2 heterocycles. The summed E-state index contributed by atoms with van der Waals surface area (Å²) in [7, 11) is 1.64. The van der Waals surface area contributed by atoms with Crippen LogP contribution in [-0.2, 0) is 5.54 Å². The minimum atomic E-state index is -4.76. The first-order chi connectivity index (χ1) is 22.2. The fraction of sp³-hybridized carbons (Fsp3) is 0.353. The van der Waals surface area contributed by atoms with Gasteiger partial charge >= 0.3 is 12.4 Å². The Morgan fingerprint density at radius 1 is 1.04 bits per heavy atom. The maximum absolute atomic E-state index is 13.4. The SMILES string of the molecule is COc1ccc(C(C)C)c(N2/C(=N/C(=O)NC(C)(C)c3ccc(-c4ncn(-c5ccc(OC(F)(F)F)cc5)n4)cc3)SCCC2C)c1. The van der Waals surface area contributed by atoms with Gasteiger partial charge in [0.25, 0.3) is 0 Å². The number of rotatable bonds is 8. The van der Waals surface area contributed by atoms with Crippen LogP contribution in [0.1, 0.15) is 58.1 Å². The first-order valence-corrected chi connectivity index (χ1v) is 16.1. The first-order valence-electron chi connectivity index (χ1n) is 15.1. The monoisotopic (exact) mass is 666 g/mol. The van der Waals surface area contributed by atoms with Gasteiger partial charge in [0.2, 0.25) is 0 Å². The average Bonchev–Trinajstić information content (AvgIpc) is 3.51. The zero-order valence-electron chi connectivity index (χ0n) is 27.0. The predicted octanol–water partition coefficient (Wildman–Crippen LogP) is 8.30. The third-order valence-electron chi connectivity index (χ3n) is 7.84. The van der Waals surface area contributed by atoms with Crippen molar-refractivity contribution in [3.8, 4) is 28.6 Å². The molecule has 0 spiro atoms. The lowest BCUT2D eigenvalue weighted by molar-refractivity contribution is -0.274. The molecule has 1 aliphatic rings. The molecule has 13 heteroatoms. The molecular weight excluding hydrogens is 629 g/mol. The number of nitrogens with zero attached hydrogens (tertiary/aromatic N) is 5. The van der Waals surface area contributed by atoms with Crippen LogP contribution in [0.15, 0.2) is 78.0 Å². The number of urea groups is 1. The molecule has 1 saturated heterocycles. The Bertz CT molecular complexity index is 1740. The summed E-state index contributed by atoms with van der Waals surface area (Å²) in [6, 6.07) is 18.6. The van der Waals surface area contributed by atoms with Gasteiger partial charge in [-0.3, -0.25) is 0 Å². The zero-order valence-corrected chi connectivity index (χ0v) is 27.8. The van der Waals surface area contributed by atoms with Crippen molar-refractivity contribution in [2.45, 2.75) is 64.9 Å². The number of ether oxygens (including phenoxy) is 2. The van der Waals surface area contributed by atoms with Crippen LogP contribution < -0.4 is 19.7 Å². The molecule has 0 saturated carbocycles. The molecule has 3 aromatic carbocycles. The number of aromatic nitrogens is 3. The summed E-state index contributed by atoms with van der Waals surface area (Å²) in [4.78, 5) is 24.4. The summed E-state index contributed by atoms with van der Waals surface area (Å²) < 4.78 is 48.3. The molecule has 0 bridgehead atoms. The third-order valence-corrected chi connectivity index (χ3v) is 8.83. The van der Waals surface area contributed by atoms with Crippen LogP contribution in [0.4, 0.5) is 23.7 Å². The average molecular weight is 667 g/mol. The van der Waals surface area contributed by atoms with Gasteiger partial charge in [-0.15, -0.1) is 18.3 Å². The van der Waals surface area contributed by atoms with E-state index in [4.69, 9.17) is 4.74 Å². The highest BCUT2D eigenvalue weighted by molar-refractivity contribution is 8.14. The van der Waals surface area contributed by atoms with Gasteiger partial charge in [0, 0.05) is 23.4 Å². The van der Waals surface area contributed by atoms with Gasteiger partial charge < -0.3 is 19.7 Å². The number of nitrogens with one attached hydrogen (secondary N) is 1. The summed E-state index contributed by atoms with van der Waals surface area (Å²) in [6.07, 6.45) is -2.33. The third kappa shape index (κ3) is 8.07. The van der Waals surface area contributed by atoms with Gasteiger partial charge in [-0.1, -0.05) is 55.9 Å². The molecule has 5 rings (SSSR count). The second-order valence-corrected chi connectivity index (χ2v) is 13.1. The van der Waals surface area contributed by atoms with E-state index in [-0.39, 0.29) is 17.7 Å². The van der Waals surface area contributed by atoms with E-state index in [0.717, 1.165) is 40.3 Å². The van der Waals surface area contributed by atoms with Gasteiger partial charge in [-0.05, 0) is 74.6 Å². The highest BCUT2D eigenvalue weighted by Gasteiger charge is 2.32. The Labute approximate surface area is 276 Å². The fourth-order valence-corrected chi connectivity index (χ4v) is 6.50. The Kier molecular flexibility index (Phi) is 9.85. The molecule has 9 nitrogen and oxygen atoms in total. The zero-order chi connectivity index (χ0) is 33.9. The number of halogens is 3. The summed E-state index contributed by atoms with van der Waals surface area (Å²) in [5.74, 6) is 1.99. The molecule has 47 heavy (non-hydrogen) atoms. The van der Waals surface area contributed by atoms with E-state index in [1.165, 1.54) is 35.3 Å². The van der Waals surface area contributed by atoms with E-state index < -0.39 is 17.9 Å². The molecular formula is C34H37F3N6O3S. The number of methoxy groups -OCH3 is 1. The predicted molar refractivity (Wildman–Crippen MR) is 179 cm³/mol. The lowest BCUT2D eigenvalue weighted by atomic mass is 9.93. The van der Waals surface area contributed by atoms with Crippen molar-refractivity contribution in [1.82, 2.24) is 20.1 Å². The topological polar surface area (TPSA) is 93.9 Å². The second kappa shape index (κ2) is 13.7. The van der Waals surface area contributed by atoms with E-state index in [9.17, 15) is 18.0 Å². The van der Waals surface area contributed by atoms with Crippen molar-refractivity contribution >= 4 is 28.6 Å². The van der Waals surface area contributed by atoms with Crippen molar-refractivity contribution in [2.24, 2.45) is 4.99 Å². The maximum atomic E-state index is 13.4. The molecule has 1 unspecified atom stereocenters. The maximum Gasteiger partial charge on any atom is 0.573 e. The van der Waals surface area contributed by atoms with Crippen molar-refractivity contribution < 1.29 is 27.4 Å². The van der Waals surface area contributed by atoms with Crippen LogP contribution >= 0.6 is 11.8 Å². The lowest BCUT2D eigenvalue weighted by Gasteiger charge is -2.37. The first kappa shape index (κ1) is 33.8. The summed E-state index contributed by atoms with van der Waals surface area (Å²) in [5, 5.41) is 8.17. The van der Waals surface area contributed by atoms with Crippen LogP contribution in [-0.4, -0.2) is 51.2 Å². The van der Waals surface area contributed by atoms with Gasteiger partial charge in [0.15, 0.2) is 11.0 Å². The Balaban J connectivity index is 1.30. The standard InChI is InChI=1S/C34H37F3N6O3S/c1-21(2)28-16-15-27(45-6)19-29(28)43-22(3)17-18-47-32(43)39-31(44)40-33(4,5)24-9-7-23(8-10-24)30-38-20-42(41-30)25-11-13-26(14-12-25)46-34(35,36)37/h7-16,19-22H,17-18H2,1-6H3,(H,40,44)/b39-32-. The second-order valence-electron chi connectivity index (χ2n) is 12.0. The fourth-order valence-electron chi connectivity index (χ4n) is 5.29. The minimum absolute atomic E-state index is 0.146. The molecule has 0 aliphatic carbocycles. The number of carbonyl (C=O) groups excluding carboxylic acids is 1. The highest BCUT2D eigenvalue weighted by atomic mass is 32.2. The molecule has 1 aromatic heterocycles. The number of aliphatic imine (C=N–C) groups is 1. The van der Waals surface area contributed by atoms with Crippen molar-refractivity contribution in [1.29, 1.82) is 0 Å². The van der Waals surface area contributed by atoms with Crippen LogP contribution in [0, 0.1) is 0 Å². The number of anilines is 1. The van der Waals surface area contributed by atoms with E-state index in [1.54, 1.807) is 18.9 Å². The molecule has 1 atom stereocenters. The molecule has 4 aromatic rings. The van der Waals surface area contributed by atoms with E-state index in [1.807, 2.05) is 50.2 Å². The summed E-state index contributed by atoms with van der Waals surface area (Å²) in [5.41, 5.74) is 3.50. The van der Waals surface area contributed by atoms with Crippen LogP contribution in [0.25, 0.3) is 17.1 Å². The lowest BCUT2D eigenvalue weighted by Crippen LogP contribution is -2.44. The molecule has 0 radical (unpaired) electrons. The van der Waals surface area contributed by atoms with Gasteiger partial charge in [0.05, 0.1) is 24.0 Å². The van der Waals surface area contributed by atoms with Crippen LogP contribution in [0.5, 0.6) is 11.5 Å². The smallest absolute Gasteiger partial charge is 0.497 e. The highest BCUT2D eigenvalue weighted by Crippen LogP contribution is 2.37. The number of amidine groups is 1. The number of amides is 2. The van der Waals surface area contributed by atoms with Crippen LogP contribution in [0.3, 0.4) is 0 Å². The van der Waals surface area contributed by atoms with E-state index >= 15 is 0 Å². The van der Waals surface area contributed by atoms with Gasteiger partial charge in [-0.25, -0.2) is 14.5 Å². The van der Waals surface area contributed by atoms with Crippen molar-refractivity contribution in [3.05, 3.63) is 84.2 Å². The molecule has 248 valence electrons. The number of alkyl halides is 3. The Morgan fingerprint density at radius 3 is 2.36 bits per heavy atom. The van der Waals surface area contributed by atoms with Crippen LogP contribution in [0.2, 0.25) is 0 Å². The van der Waals surface area contributed by atoms with E-state index in [0.29, 0.717) is 16.7 Å². The number of hydrogen-bond acceptors (Lipinski definition) is 6.